The van der Waals surface area contributed by atoms with E-state index in [-0.39, 0.29) is 5.91 Å². The topological polar surface area (TPSA) is 20.3 Å². The van der Waals surface area contributed by atoms with Gasteiger partial charge in [-0.25, -0.2) is 0 Å². The summed E-state index contributed by atoms with van der Waals surface area (Å²) in [6.45, 7) is 1.32. The SMILES string of the molecule is O=C(Cc1cccc(Cl)c1)N(CCBr)Cc1ccccc1. The fourth-order valence-electron chi connectivity index (χ4n) is 2.13. The van der Waals surface area contributed by atoms with Crippen LogP contribution in [0.15, 0.2) is 54.6 Å². The molecule has 0 fully saturated rings. The largest absolute Gasteiger partial charge is 0.337 e. The Kier molecular flexibility index (Phi) is 6.27. The summed E-state index contributed by atoms with van der Waals surface area (Å²) in [6.07, 6.45) is 0.375. The van der Waals surface area contributed by atoms with Crippen LogP contribution in [-0.4, -0.2) is 22.7 Å². The van der Waals surface area contributed by atoms with Gasteiger partial charge in [-0.1, -0.05) is 70.0 Å². The van der Waals surface area contributed by atoms with E-state index in [9.17, 15) is 4.79 Å². The van der Waals surface area contributed by atoms with Gasteiger partial charge in [0.2, 0.25) is 5.91 Å². The lowest BCUT2D eigenvalue weighted by atomic mass is 10.1. The molecule has 2 aromatic rings. The molecular formula is C17H17BrClNO. The zero-order chi connectivity index (χ0) is 15.1. The normalized spacial score (nSPS) is 10.4. The highest BCUT2D eigenvalue weighted by Gasteiger charge is 2.14. The van der Waals surface area contributed by atoms with Gasteiger partial charge in [0, 0.05) is 23.4 Å². The molecule has 0 aliphatic carbocycles. The molecule has 0 spiro atoms. The highest BCUT2D eigenvalue weighted by molar-refractivity contribution is 9.09. The lowest BCUT2D eigenvalue weighted by Gasteiger charge is -2.22. The van der Waals surface area contributed by atoms with Crippen LogP contribution in [-0.2, 0) is 17.8 Å². The zero-order valence-corrected chi connectivity index (χ0v) is 14.0. The second-order valence-corrected chi connectivity index (χ2v) is 6.03. The molecule has 0 saturated carbocycles. The van der Waals surface area contributed by atoms with E-state index in [2.05, 4.69) is 15.9 Å². The van der Waals surface area contributed by atoms with E-state index >= 15 is 0 Å². The van der Waals surface area contributed by atoms with E-state index < -0.39 is 0 Å². The minimum absolute atomic E-state index is 0.112. The number of nitrogens with zero attached hydrogens (tertiary/aromatic N) is 1. The standard InChI is InChI=1S/C17H17BrClNO/c18-9-10-20(13-14-5-2-1-3-6-14)17(21)12-15-7-4-8-16(19)11-15/h1-8,11H,9-10,12-13H2. The van der Waals surface area contributed by atoms with Crippen LogP contribution in [0.2, 0.25) is 5.02 Å². The van der Waals surface area contributed by atoms with Crippen molar-refractivity contribution in [1.29, 1.82) is 0 Å². The lowest BCUT2D eigenvalue weighted by molar-refractivity contribution is -0.130. The summed E-state index contributed by atoms with van der Waals surface area (Å²) in [6, 6.07) is 17.5. The van der Waals surface area contributed by atoms with Crippen LogP contribution in [0.3, 0.4) is 0 Å². The molecule has 4 heteroatoms. The number of carbonyl (C=O) groups is 1. The molecule has 2 rings (SSSR count). The fourth-order valence-corrected chi connectivity index (χ4v) is 2.77. The zero-order valence-electron chi connectivity index (χ0n) is 11.6. The Hall–Kier alpha value is -1.32. The Bertz CT molecular complexity index is 588. The number of hydrogen-bond donors (Lipinski definition) is 0. The van der Waals surface area contributed by atoms with Crippen LogP contribution in [0.25, 0.3) is 0 Å². The predicted molar refractivity (Wildman–Crippen MR) is 90.8 cm³/mol. The van der Waals surface area contributed by atoms with E-state index in [0.29, 0.717) is 24.5 Å². The minimum Gasteiger partial charge on any atom is -0.337 e. The molecule has 2 aromatic carbocycles. The van der Waals surface area contributed by atoms with E-state index in [1.54, 1.807) is 0 Å². The third-order valence-electron chi connectivity index (χ3n) is 3.17. The van der Waals surface area contributed by atoms with Crippen LogP contribution in [0.5, 0.6) is 0 Å². The predicted octanol–water partition coefficient (Wildman–Crippen LogP) is 4.31. The molecule has 0 bridgehead atoms. The molecule has 0 aliphatic heterocycles. The number of amides is 1. The molecule has 110 valence electrons. The van der Waals surface area contributed by atoms with Gasteiger partial charge >= 0.3 is 0 Å². The number of halogens is 2. The molecule has 0 unspecified atom stereocenters. The summed E-state index contributed by atoms with van der Waals surface area (Å²) in [4.78, 5) is 14.3. The number of rotatable bonds is 6. The Balaban J connectivity index is 2.05. The van der Waals surface area contributed by atoms with Gasteiger partial charge in [-0.15, -0.1) is 0 Å². The van der Waals surface area contributed by atoms with Crippen molar-refractivity contribution in [2.24, 2.45) is 0 Å². The Morgan fingerprint density at radius 3 is 2.43 bits per heavy atom. The minimum atomic E-state index is 0.112. The van der Waals surface area contributed by atoms with Crippen LogP contribution >= 0.6 is 27.5 Å². The van der Waals surface area contributed by atoms with Crippen LogP contribution in [0.4, 0.5) is 0 Å². The van der Waals surface area contributed by atoms with Gasteiger partial charge in [0.05, 0.1) is 6.42 Å². The molecule has 1 amide bonds. The lowest BCUT2D eigenvalue weighted by Crippen LogP contribution is -2.33. The third-order valence-corrected chi connectivity index (χ3v) is 3.76. The van der Waals surface area contributed by atoms with E-state index in [4.69, 9.17) is 11.6 Å². The third kappa shape index (κ3) is 5.18. The average Bonchev–Trinajstić information content (AvgIpc) is 2.48. The Labute approximate surface area is 138 Å². The molecule has 0 radical (unpaired) electrons. The van der Waals surface area contributed by atoms with Gasteiger partial charge in [0.25, 0.3) is 0 Å². The second-order valence-electron chi connectivity index (χ2n) is 4.80. The van der Waals surface area contributed by atoms with Gasteiger partial charge < -0.3 is 4.90 Å². The van der Waals surface area contributed by atoms with Crippen molar-refractivity contribution in [2.45, 2.75) is 13.0 Å². The molecule has 0 aliphatic rings. The highest BCUT2D eigenvalue weighted by Crippen LogP contribution is 2.13. The maximum absolute atomic E-state index is 12.5. The summed E-state index contributed by atoms with van der Waals surface area (Å²) in [5.74, 6) is 0.112. The summed E-state index contributed by atoms with van der Waals surface area (Å²) < 4.78 is 0. The summed E-state index contributed by atoms with van der Waals surface area (Å²) in [7, 11) is 0. The van der Waals surface area contributed by atoms with E-state index in [0.717, 1.165) is 16.5 Å². The van der Waals surface area contributed by atoms with Crippen molar-refractivity contribution in [1.82, 2.24) is 4.90 Å². The summed E-state index contributed by atoms with van der Waals surface area (Å²) >= 11 is 9.38. The maximum Gasteiger partial charge on any atom is 0.227 e. The number of carbonyl (C=O) groups excluding carboxylic acids is 1. The monoisotopic (exact) mass is 365 g/mol. The van der Waals surface area contributed by atoms with E-state index in [1.165, 1.54) is 0 Å². The van der Waals surface area contributed by atoms with Gasteiger partial charge in [0.15, 0.2) is 0 Å². The van der Waals surface area contributed by atoms with Crippen molar-refractivity contribution in [2.75, 3.05) is 11.9 Å². The van der Waals surface area contributed by atoms with Crippen molar-refractivity contribution >= 4 is 33.4 Å². The summed E-state index contributed by atoms with van der Waals surface area (Å²) in [5, 5.41) is 1.43. The van der Waals surface area contributed by atoms with Gasteiger partial charge in [-0.3, -0.25) is 4.79 Å². The second kappa shape index (κ2) is 8.20. The molecule has 2 nitrogen and oxygen atoms in total. The Morgan fingerprint density at radius 1 is 1.05 bits per heavy atom. The number of alkyl halides is 1. The first-order valence-corrected chi connectivity index (χ1v) is 8.31. The van der Waals surface area contributed by atoms with Crippen molar-refractivity contribution < 1.29 is 4.79 Å². The maximum atomic E-state index is 12.5. The molecule has 0 N–H and O–H groups in total. The average molecular weight is 367 g/mol. The van der Waals surface area contributed by atoms with Gasteiger partial charge in [-0.2, -0.15) is 0 Å². The van der Waals surface area contributed by atoms with Gasteiger partial charge in [-0.05, 0) is 23.3 Å². The molecule has 0 heterocycles. The number of hydrogen-bond acceptors (Lipinski definition) is 1. The van der Waals surface area contributed by atoms with Crippen LogP contribution < -0.4 is 0 Å². The van der Waals surface area contributed by atoms with Crippen molar-refractivity contribution in [3.63, 3.8) is 0 Å². The molecule has 0 saturated heterocycles. The first kappa shape index (κ1) is 16.1. The van der Waals surface area contributed by atoms with Gasteiger partial charge in [0.1, 0.15) is 0 Å². The van der Waals surface area contributed by atoms with Crippen LogP contribution in [0, 0.1) is 0 Å². The fraction of sp³-hybridized carbons (Fsp3) is 0.235. The van der Waals surface area contributed by atoms with Crippen molar-refractivity contribution in [3.05, 3.63) is 70.7 Å². The molecule has 0 aromatic heterocycles. The number of benzene rings is 2. The highest BCUT2D eigenvalue weighted by atomic mass is 79.9. The smallest absolute Gasteiger partial charge is 0.227 e. The van der Waals surface area contributed by atoms with Crippen molar-refractivity contribution in [3.8, 4) is 0 Å². The molecule has 21 heavy (non-hydrogen) atoms. The Morgan fingerprint density at radius 2 is 1.76 bits per heavy atom. The van der Waals surface area contributed by atoms with E-state index in [1.807, 2.05) is 59.5 Å². The first-order chi connectivity index (χ1) is 10.2. The van der Waals surface area contributed by atoms with Crippen LogP contribution in [0.1, 0.15) is 11.1 Å². The molecular weight excluding hydrogens is 350 g/mol. The quantitative estimate of drug-likeness (QED) is 0.698. The summed E-state index contributed by atoms with van der Waals surface area (Å²) in [5.41, 5.74) is 2.08. The molecule has 0 atom stereocenters. The first-order valence-electron chi connectivity index (χ1n) is 6.81.